The van der Waals surface area contributed by atoms with Gasteiger partial charge in [-0.2, -0.15) is 0 Å². The molecular formula is C12H17N5. The van der Waals surface area contributed by atoms with E-state index in [2.05, 4.69) is 15.3 Å². The van der Waals surface area contributed by atoms with E-state index in [4.69, 9.17) is 5.73 Å². The van der Waals surface area contributed by atoms with Crippen LogP contribution in [-0.2, 0) is 13.5 Å². The highest BCUT2D eigenvalue weighted by atomic mass is 15.0. The largest absolute Gasteiger partial charge is 0.396 e. The summed E-state index contributed by atoms with van der Waals surface area (Å²) in [6.07, 6.45) is 6.39. The standard InChI is InChI=1S/C12H17N5/c1-9-7-10(13)12(16-8-9)15-4-3-11-14-5-6-17(11)2/h5-8H,3-4,13H2,1-2H3,(H,15,16). The summed E-state index contributed by atoms with van der Waals surface area (Å²) in [5.74, 6) is 1.79. The van der Waals surface area contributed by atoms with Gasteiger partial charge in [-0.15, -0.1) is 0 Å². The monoisotopic (exact) mass is 231 g/mol. The Morgan fingerprint density at radius 1 is 1.41 bits per heavy atom. The van der Waals surface area contributed by atoms with E-state index in [9.17, 15) is 0 Å². The molecule has 0 aliphatic heterocycles. The zero-order valence-electron chi connectivity index (χ0n) is 10.1. The maximum atomic E-state index is 5.86. The zero-order valence-corrected chi connectivity index (χ0v) is 10.1. The van der Waals surface area contributed by atoms with Gasteiger partial charge in [0.2, 0.25) is 0 Å². The van der Waals surface area contributed by atoms with E-state index in [1.165, 1.54) is 0 Å². The van der Waals surface area contributed by atoms with Crippen LogP contribution in [-0.4, -0.2) is 21.1 Å². The summed E-state index contributed by atoms with van der Waals surface area (Å²) in [5, 5.41) is 3.22. The number of nitrogens with zero attached hydrogens (tertiary/aromatic N) is 3. The predicted molar refractivity (Wildman–Crippen MR) is 68.8 cm³/mol. The van der Waals surface area contributed by atoms with Crippen molar-refractivity contribution in [3.05, 3.63) is 36.0 Å². The molecule has 90 valence electrons. The van der Waals surface area contributed by atoms with Gasteiger partial charge in [0.15, 0.2) is 0 Å². The van der Waals surface area contributed by atoms with Gasteiger partial charge >= 0.3 is 0 Å². The van der Waals surface area contributed by atoms with Crippen LogP contribution >= 0.6 is 0 Å². The molecular weight excluding hydrogens is 214 g/mol. The number of nitrogen functional groups attached to an aromatic ring is 1. The summed E-state index contributed by atoms with van der Waals surface area (Å²) < 4.78 is 2.01. The van der Waals surface area contributed by atoms with Gasteiger partial charge in [-0.3, -0.25) is 0 Å². The minimum atomic E-state index is 0.685. The third kappa shape index (κ3) is 2.75. The number of nitrogens with one attached hydrogen (secondary N) is 1. The summed E-state index contributed by atoms with van der Waals surface area (Å²) in [6, 6.07) is 1.91. The first kappa shape index (κ1) is 11.4. The lowest BCUT2D eigenvalue weighted by molar-refractivity contribution is 0.788. The van der Waals surface area contributed by atoms with Crippen LogP contribution in [0.25, 0.3) is 0 Å². The molecule has 0 aromatic carbocycles. The van der Waals surface area contributed by atoms with Crippen LogP contribution in [0, 0.1) is 6.92 Å². The summed E-state index contributed by atoms with van der Waals surface area (Å²) in [5.41, 5.74) is 7.62. The van der Waals surface area contributed by atoms with E-state index in [-0.39, 0.29) is 0 Å². The molecule has 0 atom stereocenters. The second kappa shape index (κ2) is 4.86. The van der Waals surface area contributed by atoms with Crippen LogP contribution in [0.15, 0.2) is 24.7 Å². The molecule has 17 heavy (non-hydrogen) atoms. The van der Waals surface area contributed by atoms with Crippen molar-refractivity contribution in [3.63, 3.8) is 0 Å². The molecule has 0 saturated heterocycles. The van der Waals surface area contributed by atoms with Gasteiger partial charge in [0.05, 0.1) is 5.69 Å². The molecule has 2 aromatic rings. The molecule has 2 aromatic heterocycles. The summed E-state index contributed by atoms with van der Waals surface area (Å²) >= 11 is 0. The summed E-state index contributed by atoms with van der Waals surface area (Å²) in [4.78, 5) is 8.51. The highest BCUT2D eigenvalue weighted by Crippen LogP contribution is 2.15. The lowest BCUT2D eigenvalue weighted by Gasteiger charge is -2.08. The third-order valence-electron chi connectivity index (χ3n) is 2.62. The minimum Gasteiger partial charge on any atom is -0.396 e. The van der Waals surface area contributed by atoms with Gasteiger partial charge in [-0.05, 0) is 18.6 Å². The van der Waals surface area contributed by atoms with Crippen molar-refractivity contribution < 1.29 is 0 Å². The molecule has 0 aliphatic carbocycles. The van der Waals surface area contributed by atoms with Crippen molar-refractivity contribution in [2.45, 2.75) is 13.3 Å². The third-order valence-corrected chi connectivity index (χ3v) is 2.62. The van der Waals surface area contributed by atoms with Crippen LogP contribution in [0.2, 0.25) is 0 Å². The maximum Gasteiger partial charge on any atom is 0.149 e. The fourth-order valence-electron chi connectivity index (χ4n) is 1.67. The first-order valence-electron chi connectivity index (χ1n) is 5.59. The Kier molecular flexibility index (Phi) is 3.27. The molecule has 0 spiro atoms. The molecule has 0 saturated carbocycles. The number of nitrogens with two attached hydrogens (primary N) is 1. The highest BCUT2D eigenvalue weighted by Gasteiger charge is 2.02. The topological polar surface area (TPSA) is 68.8 Å². The van der Waals surface area contributed by atoms with Crippen molar-refractivity contribution in [1.29, 1.82) is 0 Å². The lowest BCUT2D eigenvalue weighted by atomic mass is 10.3. The van der Waals surface area contributed by atoms with Crippen molar-refractivity contribution in [1.82, 2.24) is 14.5 Å². The highest BCUT2D eigenvalue weighted by molar-refractivity contribution is 5.61. The summed E-state index contributed by atoms with van der Waals surface area (Å²) in [6.45, 7) is 2.74. The molecule has 3 N–H and O–H groups in total. The molecule has 5 heteroatoms. The van der Waals surface area contributed by atoms with E-state index >= 15 is 0 Å². The number of pyridine rings is 1. The van der Waals surface area contributed by atoms with Crippen LogP contribution < -0.4 is 11.1 Å². The Balaban J connectivity index is 1.92. The van der Waals surface area contributed by atoms with E-state index in [1.54, 1.807) is 12.4 Å². The Morgan fingerprint density at radius 2 is 2.24 bits per heavy atom. The van der Waals surface area contributed by atoms with Crippen molar-refractivity contribution in [3.8, 4) is 0 Å². The Hall–Kier alpha value is -2.04. The molecule has 2 rings (SSSR count). The number of hydrogen-bond donors (Lipinski definition) is 2. The van der Waals surface area contributed by atoms with Crippen LogP contribution in [0.3, 0.4) is 0 Å². The average Bonchev–Trinajstić information content (AvgIpc) is 2.68. The van der Waals surface area contributed by atoms with Gasteiger partial charge in [0, 0.05) is 38.6 Å². The lowest BCUT2D eigenvalue weighted by Crippen LogP contribution is -2.11. The number of aryl methyl sites for hydroxylation is 2. The zero-order chi connectivity index (χ0) is 12.3. The predicted octanol–water partition coefficient (Wildman–Crippen LogP) is 1.36. The average molecular weight is 231 g/mol. The Morgan fingerprint density at radius 3 is 2.88 bits per heavy atom. The molecule has 0 amide bonds. The maximum absolute atomic E-state index is 5.86. The molecule has 0 radical (unpaired) electrons. The van der Waals surface area contributed by atoms with Gasteiger partial charge in [0.1, 0.15) is 11.6 Å². The fourth-order valence-corrected chi connectivity index (χ4v) is 1.67. The van der Waals surface area contributed by atoms with Crippen LogP contribution in [0.4, 0.5) is 11.5 Å². The number of aromatic nitrogens is 3. The van der Waals surface area contributed by atoms with Crippen LogP contribution in [0.5, 0.6) is 0 Å². The Bertz CT molecular complexity index is 503. The first-order chi connectivity index (χ1) is 8.16. The molecule has 0 fully saturated rings. The number of anilines is 2. The summed E-state index contributed by atoms with van der Waals surface area (Å²) in [7, 11) is 1.99. The number of rotatable bonds is 4. The van der Waals surface area contributed by atoms with Crippen molar-refractivity contribution in [2.24, 2.45) is 7.05 Å². The van der Waals surface area contributed by atoms with E-state index < -0.39 is 0 Å². The van der Waals surface area contributed by atoms with Gasteiger partial charge in [-0.25, -0.2) is 9.97 Å². The van der Waals surface area contributed by atoms with Gasteiger partial charge in [-0.1, -0.05) is 0 Å². The van der Waals surface area contributed by atoms with E-state index in [1.807, 2.05) is 30.8 Å². The van der Waals surface area contributed by atoms with E-state index in [0.717, 1.165) is 30.2 Å². The van der Waals surface area contributed by atoms with Gasteiger partial charge < -0.3 is 15.6 Å². The number of imidazole rings is 1. The van der Waals surface area contributed by atoms with Crippen molar-refractivity contribution >= 4 is 11.5 Å². The first-order valence-corrected chi connectivity index (χ1v) is 5.59. The molecule has 0 bridgehead atoms. The molecule has 2 heterocycles. The molecule has 5 nitrogen and oxygen atoms in total. The second-order valence-electron chi connectivity index (χ2n) is 4.08. The molecule has 0 unspecified atom stereocenters. The minimum absolute atomic E-state index is 0.685. The molecule has 0 aliphatic rings. The van der Waals surface area contributed by atoms with Gasteiger partial charge in [0.25, 0.3) is 0 Å². The second-order valence-corrected chi connectivity index (χ2v) is 4.08. The quantitative estimate of drug-likeness (QED) is 0.833. The Labute approximate surface area is 101 Å². The normalized spacial score (nSPS) is 10.5. The SMILES string of the molecule is Cc1cnc(NCCc2nccn2C)c(N)c1. The smallest absolute Gasteiger partial charge is 0.149 e. The van der Waals surface area contributed by atoms with Crippen molar-refractivity contribution in [2.75, 3.05) is 17.6 Å². The van der Waals surface area contributed by atoms with Crippen LogP contribution in [0.1, 0.15) is 11.4 Å². The van der Waals surface area contributed by atoms with E-state index in [0.29, 0.717) is 5.69 Å². The fraction of sp³-hybridized carbons (Fsp3) is 0.333. The number of hydrogen-bond acceptors (Lipinski definition) is 4.